The van der Waals surface area contributed by atoms with E-state index in [4.69, 9.17) is 4.74 Å². The molecule has 0 saturated heterocycles. The van der Waals surface area contributed by atoms with Crippen LogP contribution < -0.4 is 10.1 Å². The molecule has 0 spiro atoms. The molecule has 0 bridgehead atoms. The maximum absolute atomic E-state index is 5.61. The molecule has 4 heteroatoms. The van der Waals surface area contributed by atoms with Gasteiger partial charge in [-0.2, -0.15) is 0 Å². The summed E-state index contributed by atoms with van der Waals surface area (Å²) < 4.78 is 6.66. The molecule has 0 aliphatic carbocycles. The molecule has 0 heterocycles. The molecule has 0 atom stereocenters. The van der Waals surface area contributed by atoms with Crippen molar-refractivity contribution in [3.05, 3.63) is 28.7 Å². The Morgan fingerprint density at radius 3 is 2.88 bits per heavy atom. The van der Waals surface area contributed by atoms with Gasteiger partial charge in [0.1, 0.15) is 12.4 Å². The third kappa shape index (κ3) is 6.66. The highest BCUT2D eigenvalue weighted by atomic mass is 79.9. The van der Waals surface area contributed by atoms with E-state index in [1.807, 2.05) is 24.3 Å². The molecule has 1 rings (SSSR count). The van der Waals surface area contributed by atoms with Crippen molar-refractivity contribution in [3.8, 4) is 5.75 Å². The van der Waals surface area contributed by atoms with Crippen LogP contribution in [0.1, 0.15) is 6.92 Å². The number of likely N-dealkylation sites (N-methyl/N-ethyl adjacent to an activating group) is 1. The Morgan fingerprint density at radius 1 is 1.35 bits per heavy atom. The van der Waals surface area contributed by atoms with Crippen LogP contribution in [0.25, 0.3) is 0 Å². The lowest BCUT2D eigenvalue weighted by Gasteiger charge is -2.14. The van der Waals surface area contributed by atoms with Crippen LogP contribution in [-0.2, 0) is 0 Å². The SMILES string of the molecule is CCN(C)CCNCCOc1cccc(Br)c1. The highest BCUT2D eigenvalue weighted by molar-refractivity contribution is 9.10. The number of ether oxygens (including phenoxy) is 1. The smallest absolute Gasteiger partial charge is 0.120 e. The summed E-state index contributed by atoms with van der Waals surface area (Å²) in [5.41, 5.74) is 0. The van der Waals surface area contributed by atoms with Crippen molar-refractivity contribution in [2.75, 3.05) is 39.8 Å². The monoisotopic (exact) mass is 300 g/mol. The topological polar surface area (TPSA) is 24.5 Å². The van der Waals surface area contributed by atoms with Crippen molar-refractivity contribution >= 4 is 15.9 Å². The van der Waals surface area contributed by atoms with Crippen molar-refractivity contribution in [1.82, 2.24) is 10.2 Å². The highest BCUT2D eigenvalue weighted by Crippen LogP contribution is 2.17. The van der Waals surface area contributed by atoms with Crippen molar-refractivity contribution in [2.45, 2.75) is 6.92 Å². The molecule has 0 radical (unpaired) electrons. The third-order valence-electron chi connectivity index (χ3n) is 2.55. The Bertz CT molecular complexity index is 320. The van der Waals surface area contributed by atoms with Crippen molar-refractivity contribution in [2.24, 2.45) is 0 Å². The highest BCUT2D eigenvalue weighted by Gasteiger charge is 1.95. The molecule has 96 valence electrons. The van der Waals surface area contributed by atoms with Gasteiger partial charge < -0.3 is 15.0 Å². The van der Waals surface area contributed by atoms with E-state index in [1.54, 1.807) is 0 Å². The van der Waals surface area contributed by atoms with Gasteiger partial charge in [-0.25, -0.2) is 0 Å². The summed E-state index contributed by atoms with van der Waals surface area (Å²) in [7, 11) is 2.12. The van der Waals surface area contributed by atoms with Gasteiger partial charge in [0.15, 0.2) is 0 Å². The van der Waals surface area contributed by atoms with Crippen LogP contribution >= 0.6 is 15.9 Å². The van der Waals surface area contributed by atoms with Crippen LogP contribution in [0.2, 0.25) is 0 Å². The minimum absolute atomic E-state index is 0.701. The molecule has 0 fully saturated rings. The summed E-state index contributed by atoms with van der Waals surface area (Å²) >= 11 is 3.42. The molecule has 1 aromatic rings. The number of benzene rings is 1. The second-order valence-electron chi connectivity index (χ2n) is 3.95. The first-order chi connectivity index (χ1) is 8.22. The molecule has 0 unspecified atom stereocenters. The Hall–Kier alpha value is -0.580. The zero-order valence-electron chi connectivity index (χ0n) is 10.6. The quantitative estimate of drug-likeness (QED) is 0.746. The van der Waals surface area contributed by atoms with E-state index in [0.29, 0.717) is 6.61 Å². The van der Waals surface area contributed by atoms with Gasteiger partial charge in [0.05, 0.1) is 0 Å². The predicted octanol–water partition coefficient (Wildman–Crippen LogP) is 2.37. The van der Waals surface area contributed by atoms with Crippen molar-refractivity contribution in [3.63, 3.8) is 0 Å². The van der Waals surface area contributed by atoms with Gasteiger partial charge in [-0.1, -0.05) is 28.9 Å². The van der Waals surface area contributed by atoms with E-state index in [1.165, 1.54) is 0 Å². The lowest BCUT2D eigenvalue weighted by molar-refractivity contribution is 0.302. The minimum atomic E-state index is 0.701. The number of nitrogens with one attached hydrogen (secondary N) is 1. The molecule has 0 aliphatic rings. The second kappa shape index (κ2) is 8.50. The normalized spacial score (nSPS) is 10.8. The number of nitrogens with zero attached hydrogens (tertiary/aromatic N) is 1. The zero-order chi connectivity index (χ0) is 12.5. The molecule has 1 aromatic carbocycles. The average molecular weight is 301 g/mol. The van der Waals surface area contributed by atoms with Gasteiger partial charge in [-0.05, 0) is 31.8 Å². The lowest BCUT2D eigenvalue weighted by Crippen LogP contribution is -2.31. The molecule has 0 saturated carbocycles. The molecular weight excluding hydrogens is 280 g/mol. The minimum Gasteiger partial charge on any atom is -0.492 e. The van der Waals surface area contributed by atoms with Crippen LogP contribution in [0, 0.1) is 0 Å². The molecule has 3 nitrogen and oxygen atoms in total. The third-order valence-corrected chi connectivity index (χ3v) is 3.05. The Labute approximate surface area is 112 Å². The predicted molar refractivity (Wildman–Crippen MR) is 75.7 cm³/mol. The van der Waals surface area contributed by atoms with E-state index in [0.717, 1.165) is 36.4 Å². The number of halogens is 1. The largest absolute Gasteiger partial charge is 0.492 e. The summed E-state index contributed by atoms with van der Waals surface area (Å²) in [6.07, 6.45) is 0. The zero-order valence-corrected chi connectivity index (χ0v) is 12.2. The van der Waals surface area contributed by atoms with Crippen molar-refractivity contribution < 1.29 is 4.74 Å². The maximum Gasteiger partial charge on any atom is 0.120 e. The first kappa shape index (κ1) is 14.5. The van der Waals surface area contributed by atoms with E-state index in [2.05, 4.69) is 40.1 Å². The fourth-order valence-electron chi connectivity index (χ4n) is 1.35. The maximum atomic E-state index is 5.61. The van der Waals surface area contributed by atoms with Gasteiger partial charge >= 0.3 is 0 Å². The van der Waals surface area contributed by atoms with E-state index >= 15 is 0 Å². The molecular formula is C13H21BrN2O. The van der Waals surface area contributed by atoms with Crippen molar-refractivity contribution in [1.29, 1.82) is 0 Å². The Kier molecular flexibility index (Phi) is 7.24. The van der Waals surface area contributed by atoms with Gasteiger partial charge in [0.25, 0.3) is 0 Å². The first-order valence-electron chi connectivity index (χ1n) is 6.00. The summed E-state index contributed by atoms with van der Waals surface area (Å²) in [5, 5.41) is 3.36. The van der Waals surface area contributed by atoms with Crippen LogP contribution in [0.3, 0.4) is 0 Å². The van der Waals surface area contributed by atoms with E-state index in [9.17, 15) is 0 Å². The molecule has 1 N–H and O–H groups in total. The van der Waals surface area contributed by atoms with Gasteiger partial charge in [0.2, 0.25) is 0 Å². The first-order valence-corrected chi connectivity index (χ1v) is 6.79. The summed E-state index contributed by atoms with van der Waals surface area (Å²) in [6, 6.07) is 7.91. The van der Waals surface area contributed by atoms with Crippen LogP contribution in [0.15, 0.2) is 28.7 Å². The summed E-state index contributed by atoms with van der Waals surface area (Å²) in [4.78, 5) is 2.28. The molecule has 0 aliphatic heterocycles. The average Bonchev–Trinajstić information content (AvgIpc) is 2.33. The number of hydrogen-bond acceptors (Lipinski definition) is 3. The van der Waals surface area contributed by atoms with E-state index < -0.39 is 0 Å². The summed E-state index contributed by atoms with van der Waals surface area (Å²) in [6.45, 7) is 6.92. The number of hydrogen-bond donors (Lipinski definition) is 1. The van der Waals surface area contributed by atoms with Crippen LogP contribution in [-0.4, -0.2) is 44.7 Å². The van der Waals surface area contributed by atoms with Gasteiger partial charge in [0, 0.05) is 24.1 Å². The van der Waals surface area contributed by atoms with Crippen LogP contribution in [0.4, 0.5) is 0 Å². The molecule has 0 aromatic heterocycles. The fraction of sp³-hybridized carbons (Fsp3) is 0.538. The number of rotatable bonds is 8. The van der Waals surface area contributed by atoms with Gasteiger partial charge in [-0.15, -0.1) is 0 Å². The standard InChI is InChI=1S/C13H21BrN2O/c1-3-16(2)9-7-15-8-10-17-13-6-4-5-12(14)11-13/h4-6,11,15H,3,7-10H2,1-2H3. The van der Waals surface area contributed by atoms with Gasteiger partial charge in [-0.3, -0.25) is 0 Å². The summed E-state index contributed by atoms with van der Waals surface area (Å²) in [5.74, 6) is 0.909. The second-order valence-corrected chi connectivity index (χ2v) is 4.87. The lowest BCUT2D eigenvalue weighted by atomic mass is 10.3. The molecule has 0 amide bonds. The van der Waals surface area contributed by atoms with Crippen LogP contribution in [0.5, 0.6) is 5.75 Å². The van der Waals surface area contributed by atoms with E-state index in [-0.39, 0.29) is 0 Å². The Morgan fingerprint density at radius 2 is 2.18 bits per heavy atom. The fourth-order valence-corrected chi connectivity index (χ4v) is 1.73. The Balaban J connectivity index is 2.05. The molecule has 17 heavy (non-hydrogen) atoms.